The Bertz CT molecular complexity index is 258. The van der Waals surface area contributed by atoms with E-state index in [0.29, 0.717) is 0 Å². The first-order valence-electron chi connectivity index (χ1n) is 8.93. The Morgan fingerprint density at radius 3 is 1.90 bits per heavy atom. The highest BCUT2D eigenvalue weighted by Gasteiger charge is 2.19. The zero-order valence-electron chi connectivity index (χ0n) is 15.2. The Balaban J connectivity index is 2.04. The molecule has 3 nitrogen and oxygen atoms in total. The van der Waals surface area contributed by atoms with Gasteiger partial charge in [-0.2, -0.15) is 0 Å². The molecule has 0 aliphatic carbocycles. The molecule has 1 aliphatic heterocycles. The van der Waals surface area contributed by atoms with Crippen LogP contribution in [-0.4, -0.2) is 61.8 Å². The molecular weight excluding hydrogens is 260 g/mol. The maximum absolute atomic E-state index is 5.49. The lowest BCUT2D eigenvalue weighted by atomic mass is 10.0. The number of rotatable bonds is 10. The highest BCUT2D eigenvalue weighted by Crippen LogP contribution is 2.16. The van der Waals surface area contributed by atoms with Gasteiger partial charge in [-0.25, -0.2) is 0 Å². The normalized spacial score (nSPS) is 18.6. The molecule has 0 saturated carbocycles. The largest absolute Gasteiger partial charge is 0.379 e. The zero-order chi connectivity index (χ0) is 15.7. The lowest BCUT2D eigenvalue weighted by molar-refractivity contribution is 0.0106. The second-order valence-electron chi connectivity index (χ2n) is 7.64. The van der Waals surface area contributed by atoms with Crippen LogP contribution >= 0.6 is 0 Å². The number of methoxy groups -OCH3 is 1. The number of nitrogens with zero attached hydrogens (tertiary/aromatic N) is 2. The van der Waals surface area contributed by atoms with Crippen LogP contribution < -0.4 is 0 Å². The summed E-state index contributed by atoms with van der Waals surface area (Å²) in [7, 11) is 1.82. The molecule has 0 aromatic rings. The molecule has 0 aromatic carbocycles. The molecule has 0 bridgehead atoms. The summed E-state index contributed by atoms with van der Waals surface area (Å²) in [5.74, 6) is 0.859. The van der Waals surface area contributed by atoms with Crippen LogP contribution in [0.5, 0.6) is 0 Å². The fourth-order valence-electron chi connectivity index (χ4n) is 2.95. The van der Waals surface area contributed by atoms with Gasteiger partial charge in [-0.3, -0.25) is 0 Å². The Hall–Kier alpha value is -0.120. The minimum absolute atomic E-state index is 0.0399. The average Bonchev–Trinajstić information content (AvgIpc) is 2.45. The predicted molar refractivity (Wildman–Crippen MR) is 91.9 cm³/mol. The summed E-state index contributed by atoms with van der Waals surface area (Å²) in [6.45, 7) is 16.6. The maximum Gasteiger partial charge on any atom is 0.0623 e. The third-order valence-corrected chi connectivity index (χ3v) is 4.78. The minimum atomic E-state index is 0.0399. The van der Waals surface area contributed by atoms with Gasteiger partial charge in [-0.1, -0.05) is 26.7 Å². The third kappa shape index (κ3) is 8.80. The molecule has 1 rings (SSSR count). The molecule has 1 heterocycles. The van der Waals surface area contributed by atoms with Gasteiger partial charge in [0.1, 0.15) is 0 Å². The summed E-state index contributed by atoms with van der Waals surface area (Å²) >= 11 is 0. The van der Waals surface area contributed by atoms with Gasteiger partial charge in [0.2, 0.25) is 0 Å². The van der Waals surface area contributed by atoms with E-state index in [9.17, 15) is 0 Å². The van der Waals surface area contributed by atoms with E-state index < -0.39 is 0 Å². The molecule has 0 N–H and O–H groups in total. The number of hydrogen-bond acceptors (Lipinski definition) is 3. The van der Waals surface area contributed by atoms with Crippen molar-refractivity contribution in [3.63, 3.8) is 0 Å². The highest BCUT2D eigenvalue weighted by atomic mass is 16.5. The molecule has 0 unspecified atom stereocenters. The van der Waals surface area contributed by atoms with E-state index in [1.54, 1.807) is 0 Å². The Morgan fingerprint density at radius 1 is 0.905 bits per heavy atom. The van der Waals surface area contributed by atoms with Gasteiger partial charge in [0.05, 0.1) is 5.60 Å². The summed E-state index contributed by atoms with van der Waals surface area (Å²) < 4.78 is 5.49. The average molecular weight is 299 g/mol. The fraction of sp³-hybridized carbons (Fsp3) is 1.00. The van der Waals surface area contributed by atoms with Crippen molar-refractivity contribution in [2.45, 2.75) is 65.4 Å². The van der Waals surface area contributed by atoms with Crippen LogP contribution in [0.25, 0.3) is 0 Å². The van der Waals surface area contributed by atoms with Crippen molar-refractivity contribution in [1.29, 1.82) is 0 Å². The predicted octanol–water partition coefficient (Wildman–Crippen LogP) is 3.64. The molecular formula is C18H38N2O. The number of ether oxygens (including phenoxy) is 1. The van der Waals surface area contributed by atoms with Crippen molar-refractivity contribution in [3.05, 3.63) is 0 Å². The number of piperazine rings is 1. The van der Waals surface area contributed by atoms with Crippen LogP contribution in [0, 0.1) is 5.92 Å². The molecule has 21 heavy (non-hydrogen) atoms. The van der Waals surface area contributed by atoms with Crippen LogP contribution in [0.4, 0.5) is 0 Å². The fourth-order valence-corrected chi connectivity index (χ4v) is 2.95. The van der Waals surface area contributed by atoms with Gasteiger partial charge in [-0.15, -0.1) is 0 Å². The van der Waals surface area contributed by atoms with Crippen molar-refractivity contribution in [1.82, 2.24) is 9.80 Å². The molecule has 0 radical (unpaired) electrons. The molecule has 1 fully saturated rings. The molecule has 126 valence electrons. The van der Waals surface area contributed by atoms with Gasteiger partial charge in [0.25, 0.3) is 0 Å². The topological polar surface area (TPSA) is 15.7 Å². The van der Waals surface area contributed by atoms with E-state index in [-0.39, 0.29) is 5.60 Å². The van der Waals surface area contributed by atoms with E-state index in [1.165, 1.54) is 65.0 Å². The monoisotopic (exact) mass is 298 g/mol. The SMILES string of the molecule is COC(C)(C)CCCN1CCN(CCCCC(C)C)CC1. The number of unbranched alkanes of at least 4 members (excludes halogenated alkanes) is 1. The molecule has 0 atom stereocenters. The van der Waals surface area contributed by atoms with Gasteiger partial charge in [0, 0.05) is 33.3 Å². The van der Waals surface area contributed by atoms with E-state index in [0.717, 1.165) is 12.3 Å². The zero-order valence-corrected chi connectivity index (χ0v) is 15.2. The van der Waals surface area contributed by atoms with Crippen molar-refractivity contribution < 1.29 is 4.74 Å². The van der Waals surface area contributed by atoms with E-state index in [4.69, 9.17) is 4.74 Å². The van der Waals surface area contributed by atoms with Crippen LogP contribution in [0.2, 0.25) is 0 Å². The van der Waals surface area contributed by atoms with Gasteiger partial charge in [-0.05, 0) is 52.1 Å². The summed E-state index contributed by atoms with van der Waals surface area (Å²) in [5, 5.41) is 0. The number of hydrogen-bond donors (Lipinski definition) is 0. The van der Waals surface area contributed by atoms with Crippen LogP contribution in [0.15, 0.2) is 0 Å². The maximum atomic E-state index is 5.49. The lowest BCUT2D eigenvalue weighted by Gasteiger charge is -2.35. The molecule has 0 amide bonds. The van der Waals surface area contributed by atoms with Crippen LogP contribution in [0.1, 0.15) is 59.8 Å². The van der Waals surface area contributed by atoms with Crippen LogP contribution in [-0.2, 0) is 4.74 Å². The summed E-state index contributed by atoms with van der Waals surface area (Å²) in [5.41, 5.74) is 0.0399. The molecule has 1 saturated heterocycles. The summed E-state index contributed by atoms with van der Waals surface area (Å²) in [6, 6.07) is 0. The van der Waals surface area contributed by atoms with Crippen molar-refractivity contribution in [2.24, 2.45) is 5.92 Å². The Morgan fingerprint density at radius 2 is 1.43 bits per heavy atom. The van der Waals surface area contributed by atoms with Gasteiger partial charge >= 0.3 is 0 Å². The first-order valence-corrected chi connectivity index (χ1v) is 8.93. The Kier molecular flexibility index (Phi) is 8.84. The minimum Gasteiger partial charge on any atom is -0.379 e. The summed E-state index contributed by atoms with van der Waals surface area (Å²) in [4.78, 5) is 5.27. The second-order valence-corrected chi connectivity index (χ2v) is 7.64. The lowest BCUT2D eigenvalue weighted by Crippen LogP contribution is -2.46. The van der Waals surface area contributed by atoms with Crippen LogP contribution in [0.3, 0.4) is 0 Å². The van der Waals surface area contributed by atoms with Crippen molar-refractivity contribution >= 4 is 0 Å². The van der Waals surface area contributed by atoms with E-state index in [2.05, 4.69) is 37.5 Å². The second kappa shape index (κ2) is 9.81. The molecule has 1 aliphatic rings. The first kappa shape index (κ1) is 18.9. The molecule has 3 heteroatoms. The molecule has 0 spiro atoms. The third-order valence-electron chi connectivity index (χ3n) is 4.78. The Labute approximate surface area is 133 Å². The quantitative estimate of drug-likeness (QED) is 0.573. The van der Waals surface area contributed by atoms with Gasteiger partial charge < -0.3 is 14.5 Å². The van der Waals surface area contributed by atoms with E-state index in [1.807, 2.05) is 7.11 Å². The highest BCUT2D eigenvalue weighted by molar-refractivity contribution is 4.74. The first-order chi connectivity index (χ1) is 9.93. The molecule has 0 aromatic heterocycles. The van der Waals surface area contributed by atoms with E-state index >= 15 is 0 Å². The summed E-state index contributed by atoms with van der Waals surface area (Å²) in [6.07, 6.45) is 6.55. The smallest absolute Gasteiger partial charge is 0.0623 e. The van der Waals surface area contributed by atoms with Crippen molar-refractivity contribution in [3.8, 4) is 0 Å². The standard InChI is InChI=1S/C18H38N2O/c1-17(2)9-6-7-11-19-13-15-20(16-14-19)12-8-10-18(3,4)21-5/h17H,6-16H2,1-5H3. The van der Waals surface area contributed by atoms with Gasteiger partial charge in [0.15, 0.2) is 0 Å². The van der Waals surface area contributed by atoms with Crippen molar-refractivity contribution in [2.75, 3.05) is 46.4 Å².